The van der Waals surface area contributed by atoms with Crippen LogP contribution < -0.4 is 20.1 Å². The first-order valence-corrected chi connectivity index (χ1v) is 23.6. The second-order valence-electron chi connectivity index (χ2n) is 18.5. The first kappa shape index (κ1) is 47.7. The van der Waals surface area contributed by atoms with Crippen molar-refractivity contribution in [1.82, 2.24) is 20.5 Å². The van der Waals surface area contributed by atoms with E-state index in [1.165, 1.54) is 12.0 Å². The lowest BCUT2D eigenvalue weighted by molar-refractivity contribution is -0.329. The van der Waals surface area contributed by atoms with Gasteiger partial charge >= 0.3 is 0 Å². The van der Waals surface area contributed by atoms with E-state index in [2.05, 4.69) is 21.7 Å². The van der Waals surface area contributed by atoms with Gasteiger partial charge in [-0.2, -0.15) is 0 Å². The molecular formula is C52H62N4O12. The van der Waals surface area contributed by atoms with E-state index < -0.39 is 54.4 Å². The number of Topliss-reactive ketones (excluding diaryl/α,β-unsaturated/α-hetero) is 1. The van der Waals surface area contributed by atoms with E-state index in [1.54, 1.807) is 31.4 Å². The first-order valence-electron chi connectivity index (χ1n) is 23.6. The van der Waals surface area contributed by atoms with E-state index in [-0.39, 0.29) is 53.8 Å². The monoisotopic (exact) mass is 934 g/mol. The van der Waals surface area contributed by atoms with Gasteiger partial charge in [0.05, 0.1) is 43.4 Å². The van der Waals surface area contributed by atoms with Gasteiger partial charge in [-0.1, -0.05) is 37.1 Å². The van der Waals surface area contributed by atoms with E-state index in [0.717, 1.165) is 78.2 Å². The highest BCUT2D eigenvalue weighted by molar-refractivity contribution is 6.11. The number of aromatic hydroxyl groups is 1. The summed E-state index contributed by atoms with van der Waals surface area (Å²) in [6.07, 6.45) is 3.12. The molecule has 0 spiro atoms. The van der Waals surface area contributed by atoms with Gasteiger partial charge in [-0.15, -0.1) is 0 Å². The molecule has 4 aromatic carbocycles. The summed E-state index contributed by atoms with van der Waals surface area (Å²) >= 11 is 0. The molecule has 1 aromatic heterocycles. The number of aliphatic hydroxyl groups is 4. The maximum absolute atomic E-state index is 14.9. The average molecular weight is 935 g/mol. The molecule has 3 aliphatic heterocycles. The number of aliphatic hydroxyl groups excluding tert-OH is 3. The number of hydrogen-bond acceptors (Lipinski definition) is 14. The zero-order valence-corrected chi connectivity index (χ0v) is 38.8. The van der Waals surface area contributed by atoms with Crippen LogP contribution in [0.25, 0.3) is 27.8 Å². The van der Waals surface area contributed by atoms with Crippen LogP contribution in [0.5, 0.6) is 17.2 Å². The molecule has 4 aliphatic rings. The number of benzene rings is 4. The highest BCUT2D eigenvalue weighted by Crippen LogP contribution is 2.50. The van der Waals surface area contributed by atoms with Crippen molar-refractivity contribution in [3.05, 3.63) is 105 Å². The smallest absolute Gasteiger partial charge is 0.254 e. The van der Waals surface area contributed by atoms with E-state index in [1.807, 2.05) is 43.6 Å². The van der Waals surface area contributed by atoms with E-state index in [4.69, 9.17) is 23.7 Å². The molecule has 1 saturated heterocycles. The molecule has 16 nitrogen and oxygen atoms in total. The summed E-state index contributed by atoms with van der Waals surface area (Å²) in [6, 6.07) is 15.3. The van der Waals surface area contributed by atoms with E-state index in [9.17, 15) is 35.1 Å². The molecule has 5 aromatic rings. The number of phenols is 1. The molecule has 16 heteroatoms. The molecule has 2 fully saturated rings. The number of H-pyrrole nitrogens is 1. The van der Waals surface area contributed by atoms with Gasteiger partial charge in [-0.25, -0.2) is 0 Å². The number of ketones is 1. The number of fused-ring (bicyclic) bond motifs is 7. The Hall–Kier alpha value is -5.40. The van der Waals surface area contributed by atoms with Crippen molar-refractivity contribution in [3.63, 3.8) is 0 Å². The van der Waals surface area contributed by atoms with Gasteiger partial charge in [-0.3, -0.25) is 9.59 Å². The van der Waals surface area contributed by atoms with Crippen LogP contribution in [-0.2, 0) is 33.8 Å². The number of aromatic nitrogens is 1. The summed E-state index contributed by atoms with van der Waals surface area (Å²) < 4.78 is 30.6. The van der Waals surface area contributed by atoms with Crippen LogP contribution >= 0.6 is 0 Å². The summed E-state index contributed by atoms with van der Waals surface area (Å²) in [4.78, 5) is 33.6. The zero-order valence-electron chi connectivity index (χ0n) is 38.8. The number of methoxy groups -OCH3 is 2. The number of hydrogen-bond donors (Lipinski definition) is 8. The average Bonchev–Trinajstić information content (AvgIpc) is 4.10. The third-order valence-electron chi connectivity index (χ3n) is 14.2. The molecular weight excluding hydrogens is 873 g/mol. The number of amides is 1. The number of aromatic amines is 1. The Morgan fingerprint density at radius 2 is 1.87 bits per heavy atom. The Bertz CT molecular complexity index is 2700. The minimum Gasteiger partial charge on any atom is -0.506 e. The fourth-order valence-electron chi connectivity index (χ4n) is 10.5. The lowest BCUT2D eigenvalue weighted by atomic mass is 9.86. The summed E-state index contributed by atoms with van der Waals surface area (Å²) in [7, 11) is 5.02. The quantitative estimate of drug-likeness (QED) is 0.0477. The largest absolute Gasteiger partial charge is 0.506 e. The predicted octanol–water partition coefficient (Wildman–Crippen LogP) is 5.10. The Morgan fingerprint density at radius 1 is 1.04 bits per heavy atom. The standard InChI is InChI=1S/C52H62N4O12/c1-53-23-31-11-8-12-33-38(31)25-56(50(33)62)26-40(58)45-35(30-9-4-5-10-30)20-32-21-42(65-3)34-14-16-41(37-24-55-39-15-13-29(19-36(37)39)22-54-17-6-7-18-64-2)66-27-43-46(59)49(61)52(63,28-57)51(67-43)68-48(34)44(32)47(45)60/h8,11-16,19-21,24,30,41,43,46,49,51,53-55,57,59-61,63H,4-7,9-10,17-18,22-23,25-28H2,1-3H3/b16-14+/t41-,43-,46-,49+,51-,52-/m1/s1. The second-order valence-corrected chi connectivity index (χ2v) is 18.5. The molecule has 9 rings (SSSR count). The predicted molar refractivity (Wildman–Crippen MR) is 254 cm³/mol. The highest BCUT2D eigenvalue weighted by atomic mass is 16.7. The Balaban J connectivity index is 1.17. The van der Waals surface area contributed by atoms with Crippen molar-refractivity contribution in [1.29, 1.82) is 0 Å². The molecule has 4 heterocycles. The molecule has 6 atom stereocenters. The molecule has 0 radical (unpaired) electrons. The Morgan fingerprint density at radius 3 is 2.63 bits per heavy atom. The van der Waals surface area contributed by atoms with Crippen LogP contribution in [0.4, 0.5) is 0 Å². The normalized spacial score (nSPS) is 24.5. The molecule has 8 N–H and O–H groups in total. The van der Waals surface area contributed by atoms with Crippen LogP contribution in [0.2, 0.25) is 0 Å². The number of rotatable bonds is 16. The number of carbonyl (C=O) groups excluding carboxylic acids is 2. The number of phenolic OH excluding ortho intramolecular Hbond substituents is 1. The van der Waals surface area contributed by atoms with Crippen molar-refractivity contribution in [2.75, 3.05) is 54.2 Å². The van der Waals surface area contributed by atoms with Gasteiger partial charge in [-0.05, 0) is 109 Å². The maximum atomic E-state index is 14.9. The van der Waals surface area contributed by atoms with Gasteiger partial charge in [0, 0.05) is 61.6 Å². The molecule has 1 amide bonds. The van der Waals surface area contributed by atoms with Crippen LogP contribution in [0.15, 0.2) is 60.8 Å². The lowest BCUT2D eigenvalue weighted by Crippen LogP contribution is -2.69. The third-order valence-corrected chi connectivity index (χ3v) is 14.2. The van der Waals surface area contributed by atoms with Crippen molar-refractivity contribution < 1.29 is 58.8 Å². The minimum absolute atomic E-state index is 0.0495. The van der Waals surface area contributed by atoms with Gasteiger partial charge in [0.1, 0.15) is 41.7 Å². The number of nitrogens with zero attached hydrogens (tertiary/aromatic N) is 1. The molecule has 362 valence electrons. The molecule has 0 unspecified atom stereocenters. The van der Waals surface area contributed by atoms with E-state index in [0.29, 0.717) is 42.0 Å². The fraction of sp³-hybridized carbons (Fsp3) is 0.462. The molecule has 1 saturated carbocycles. The van der Waals surface area contributed by atoms with Crippen LogP contribution in [-0.4, -0.2) is 131 Å². The number of nitrogens with one attached hydrogen (secondary N) is 3. The van der Waals surface area contributed by atoms with Crippen molar-refractivity contribution in [3.8, 4) is 17.2 Å². The molecule has 1 aliphatic carbocycles. The third kappa shape index (κ3) is 8.89. The first-order chi connectivity index (χ1) is 33.0. The minimum atomic E-state index is -2.57. The molecule has 68 heavy (non-hydrogen) atoms. The molecule has 2 bridgehead atoms. The second kappa shape index (κ2) is 20.3. The van der Waals surface area contributed by atoms with E-state index >= 15 is 0 Å². The summed E-state index contributed by atoms with van der Waals surface area (Å²) in [6.45, 7) is 1.29. The number of unbranched alkanes of at least 4 members (excludes halogenated alkanes) is 1. The summed E-state index contributed by atoms with van der Waals surface area (Å²) in [5, 5.41) is 66.3. The van der Waals surface area contributed by atoms with Gasteiger partial charge in [0.25, 0.3) is 5.91 Å². The van der Waals surface area contributed by atoms with Gasteiger partial charge in [0.15, 0.2) is 11.4 Å². The Kier molecular flexibility index (Phi) is 14.2. The van der Waals surface area contributed by atoms with Crippen molar-refractivity contribution >= 4 is 39.4 Å². The number of ether oxygens (including phenoxy) is 5. The fourth-order valence-corrected chi connectivity index (χ4v) is 10.5. The lowest BCUT2D eigenvalue weighted by Gasteiger charge is -2.47. The topological polar surface area (TPSA) is 225 Å². The number of carbonyl (C=O) groups is 2. The van der Waals surface area contributed by atoms with Gasteiger partial charge in [0.2, 0.25) is 6.29 Å². The Labute approximate surface area is 394 Å². The van der Waals surface area contributed by atoms with Crippen LogP contribution in [0, 0.1) is 0 Å². The summed E-state index contributed by atoms with van der Waals surface area (Å²) in [5.74, 6) is -0.990. The van der Waals surface area contributed by atoms with Crippen LogP contribution in [0.1, 0.15) is 105 Å². The van der Waals surface area contributed by atoms with Crippen molar-refractivity contribution in [2.45, 2.75) is 100 Å². The van der Waals surface area contributed by atoms with Gasteiger partial charge < -0.3 is 69.7 Å². The highest BCUT2D eigenvalue weighted by Gasteiger charge is 2.57. The maximum Gasteiger partial charge on any atom is 0.254 e. The SMILES string of the molecule is CNCc1cccc2c1CN(CC(=O)c1c(C3CCCC3)cc3cc(OC)c4c(c3c1O)O[C@H]1O[C@H](CO[C@@H](c3c[nH]c5ccc(CNCCCCOC)cc35)/C=C/4)[C@@H](O)[C@H](O)[C@]1(O)CO)C2=O. The zero-order chi connectivity index (χ0) is 47.7. The van der Waals surface area contributed by atoms with Crippen LogP contribution in [0.3, 0.4) is 0 Å². The van der Waals surface area contributed by atoms with Crippen molar-refractivity contribution in [2.24, 2.45) is 0 Å². The summed E-state index contributed by atoms with van der Waals surface area (Å²) in [5.41, 5.74) is 3.38.